The summed E-state index contributed by atoms with van der Waals surface area (Å²) in [6.07, 6.45) is 0. The van der Waals surface area contributed by atoms with Gasteiger partial charge < -0.3 is 49.5 Å². The number of carbonyl (C=O) groups is 5. The number of carboxylic acid groups (broad SMARTS) is 5. The van der Waals surface area contributed by atoms with E-state index in [2.05, 4.69) is 0 Å². The van der Waals surface area contributed by atoms with Crippen LogP contribution < -0.4 is 25.5 Å². The Morgan fingerprint density at radius 3 is 1.00 bits per heavy atom. The molecule has 0 aliphatic carbocycles. The summed E-state index contributed by atoms with van der Waals surface area (Å²) >= 11 is 0. The Balaban J connectivity index is 4.13. The van der Waals surface area contributed by atoms with Crippen molar-refractivity contribution >= 4 is 29.8 Å². The summed E-state index contributed by atoms with van der Waals surface area (Å²) in [5, 5.41) is 54.1. The highest BCUT2D eigenvalue weighted by atomic mass is 16.4. The summed E-state index contributed by atoms with van der Waals surface area (Å²) in [6, 6.07) is 0.0629. The number of rotatable bonds is 5. The van der Waals surface area contributed by atoms with Crippen LogP contribution in [-0.2, 0) is 0 Å². The third-order valence-electron chi connectivity index (χ3n) is 2.38. The average molecular weight is 293 g/mol. The van der Waals surface area contributed by atoms with Gasteiger partial charge in [-0.1, -0.05) is 0 Å². The molecule has 0 radical (unpaired) electrons. The van der Waals surface area contributed by atoms with Crippen LogP contribution in [0.25, 0.3) is 0 Å². The molecule has 0 bridgehead atoms. The molecule has 0 aliphatic heterocycles. The van der Waals surface area contributed by atoms with Gasteiger partial charge >= 0.3 is 0 Å². The van der Waals surface area contributed by atoms with Gasteiger partial charge in [-0.15, -0.1) is 0 Å². The van der Waals surface area contributed by atoms with E-state index in [0.29, 0.717) is 0 Å². The van der Waals surface area contributed by atoms with Gasteiger partial charge in [0.25, 0.3) is 0 Å². The van der Waals surface area contributed by atoms with Crippen molar-refractivity contribution in [1.29, 1.82) is 0 Å². The number of aromatic carboxylic acids is 5. The van der Waals surface area contributed by atoms with Crippen LogP contribution in [0.1, 0.15) is 51.8 Å². The van der Waals surface area contributed by atoms with Gasteiger partial charge in [0.15, 0.2) is 0 Å². The zero-order valence-corrected chi connectivity index (χ0v) is 9.66. The van der Waals surface area contributed by atoms with Crippen LogP contribution in [0.4, 0.5) is 0 Å². The van der Waals surface area contributed by atoms with Gasteiger partial charge in [0.2, 0.25) is 0 Å². The lowest BCUT2D eigenvalue weighted by atomic mass is 9.91. The zero-order chi connectivity index (χ0) is 16.5. The molecule has 110 valence electrons. The second-order valence-electron chi connectivity index (χ2n) is 3.53. The molecule has 10 heteroatoms. The van der Waals surface area contributed by atoms with Crippen molar-refractivity contribution in [2.45, 2.75) is 0 Å². The molecule has 0 unspecified atom stereocenters. The molecule has 0 saturated carbocycles. The quantitative estimate of drug-likeness (QED) is 0.502. The molecule has 1 aromatic rings. The van der Waals surface area contributed by atoms with Crippen molar-refractivity contribution < 1.29 is 49.5 Å². The fourth-order valence-electron chi connectivity index (χ4n) is 1.63. The molecule has 10 nitrogen and oxygen atoms in total. The number of benzene rings is 1. The number of hydrogen-bond donors (Lipinski definition) is 0. The highest BCUT2D eigenvalue weighted by Crippen LogP contribution is 2.22. The first kappa shape index (κ1) is 15.6. The molecular formula is C11HO10-5. The first-order valence-corrected chi connectivity index (χ1v) is 4.87. The number of carboxylic acids is 5. The van der Waals surface area contributed by atoms with Crippen LogP contribution in [0, 0.1) is 0 Å². The molecule has 0 N–H and O–H groups in total. The highest BCUT2D eigenvalue weighted by molar-refractivity contribution is 6.16. The van der Waals surface area contributed by atoms with E-state index in [1.165, 1.54) is 0 Å². The lowest BCUT2D eigenvalue weighted by molar-refractivity contribution is -0.263. The second-order valence-corrected chi connectivity index (χ2v) is 3.53. The lowest BCUT2D eigenvalue weighted by Gasteiger charge is -2.24. The van der Waals surface area contributed by atoms with Crippen molar-refractivity contribution in [3.05, 3.63) is 33.9 Å². The van der Waals surface area contributed by atoms with Crippen LogP contribution in [0.3, 0.4) is 0 Å². The standard InChI is InChI=1S/C11H6O10/c12-7(13)2-1-3(8(14)15)5(10(18)19)6(11(20)21)4(2)9(16)17/h1H,(H,12,13)(H,14,15)(H,16,17)(H,18,19)(H,20,21)/p-5. The number of hydrogen-bond acceptors (Lipinski definition) is 10. The summed E-state index contributed by atoms with van der Waals surface area (Å²) in [5.41, 5.74) is -7.79. The topological polar surface area (TPSA) is 201 Å². The van der Waals surface area contributed by atoms with E-state index in [9.17, 15) is 49.5 Å². The summed E-state index contributed by atoms with van der Waals surface area (Å²) in [7, 11) is 0. The third kappa shape index (κ3) is 2.63. The van der Waals surface area contributed by atoms with Gasteiger partial charge in [-0.25, -0.2) is 0 Å². The van der Waals surface area contributed by atoms with Crippen LogP contribution in [0.2, 0.25) is 0 Å². The predicted octanol–water partition coefficient (Wildman–Crippen LogP) is -6.50. The van der Waals surface area contributed by atoms with Crippen LogP contribution in [-0.4, -0.2) is 29.8 Å². The summed E-state index contributed by atoms with van der Waals surface area (Å²) in [6.45, 7) is 0. The Morgan fingerprint density at radius 2 is 0.810 bits per heavy atom. The molecule has 0 amide bonds. The molecule has 21 heavy (non-hydrogen) atoms. The fourth-order valence-corrected chi connectivity index (χ4v) is 1.63. The maximum atomic E-state index is 10.9. The van der Waals surface area contributed by atoms with E-state index in [1.54, 1.807) is 0 Å². The summed E-state index contributed by atoms with van der Waals surface area (Å²) in [5.74, 6) is -11.8. The first-order valence-electron chi connectivity index (χ1n) is 4.87. The van der Waals surface area contributed by atoms with E-state index in [-0.39, 0.29) is 6.07 Å². The minimum absolute atomic E-state index is 0.0629. The molecule has 1 aromatic carbocycles. The molecule has 0 aliphatic rings. The smallest absolute Gasteiger partial charge is 0.0729 e. The highest BCUT2D eigenvalue weighted by Gasteiger charge is 2.21. The molecule has 0 atom stereocenters. The monoisotopic (exact) mass is 293 g/mol. The minimum Gasteiger partial charge on any atom is -0.545 e. The van der Waals surface area contributed by atoms with Crippen LogP contribution in [0.15, 0.2) is 6.07 Å². The van der Waals surface area contributed by atoms with Gasteiger partial charge in [0, 0.05) is 27.8 Å². The second kappa shape index (κ2) is 5.28. The van der Waals surface area contributed by atoms with Crippen molar-refractivity contribution in [2.24, 2.45) is 0 Å². The summed E-state index contributed by atoms with van der Waals surface area (Å²) in [4.78, 5) is 54.1. The third-order valence-corrected chi connectivity index (χ3v) is 2.38. The largest absolute Gasteiger partial charge is 0.545 e. The fraction of sp³-hybridized carbons (Fsp3) is 0. The first-order chi connectivity index (χ1) is 9.59. The van der Waals surface area contributed by atoms with Crippen molar-refractivity contribution in [1.82, 2.24) is 0 Å². The Labute approximate surface area is 114 Å². The summed E-state index contributed by atoms with van der Waals surface area (Å²) < 4.78 is 0. The maximum Gasteiger partial charge on any atom is 0.0729 e. The normalized spacial score (nSPS) is 9.90. The predicted molar refractivity (Wildman–Crippen MR) is 48.1 cm³/mol. The van der Waals surface area contributed by atoms with E-state index in [4.69, 9.17) is 0 Å². The van der Waals surface area contributed by atoms with Gasteiger partial charge in [-0.05, 0) is 6.07 Å². The zero-order valence-electron chi connectivity index (χ0n) is 9.66. The van der Waals surface area contributed by atoms with E-state index >= 15 is 0 Å². The Bertz CT molecular complexity index is 649. The van der Waals surface area contributed by atoms with Crippen LogP contribution in [0.5, 0.6) is 0 Å². The Morgan fingerprint density at radius 1 is 0.524 bits per heavy atom. The van der Waals surface area contributed by atoms with Gasteiger partial charge in [0.05, 0.1) is 29.8 Å². The van der Waals surface area contributed by atoms with Crippen LogP contribution >= 0.6 is 0 Å². The van der Waals surface area contributed by atoms with Gasteiger partial charge in [-0.3, -0.25) is 0 Å². The Kier molecular flexibility index (Phi) is 3.93. The van der Waals surface area contributed by atoms with E-state index in [0.717, 1.165) is 0 Å². The van der Waals surface area contributed by atoms with E-state index in [1.807, 2.05) is 0 Å². The van der Waals surface area contributed by atoms with Crippen molar-refractivity contribution in [3.8, 4) is 0 Å². The lowest BCUT2D eigenvalue weighted by Crippen LogP contribution is -2.40. The van der Waals surface area contributed by atoms with Gasteiger partial charge in [0.1, 0.15) is 0 Å². The minimum atomic E-state index is -2.46. The average Bonchev–Trinajstić information content (AvgIpc) is 2.34. The van der Waals surface area contributed by atoms with E-state index < -0.39 is 57.7 Å². The number of carbonyl (C=O) groups excluding carboxylic acids is 5. The van der Waals surface area contributed by atoms with Crippen molar-refractivity contribution in [2.75, 3.05) is 0 Å². The maximum absolute atomic E-state index is 10.9. The molecular weight excluding hydrogens is 292 g/mol. The van der Waals surface area contributed by atoms with Crippen molar-refractivity contribution in [3.63, 3.8) is 0 Å². The Hall–Kier alpha value is -3.43. The van der Waals surface area contributed by atoms with Gasteiger partial charge in [-0.2, -0.15) is 0 Å². The molecule has 0 aromatic heterocycles. The molecule has 0 spiro atoms. The molecule has 0 fully saturated rings. The molecule has 0 heterocycles. The molecule has 0 saturated heterocycles. The molecule has 1 rings (SSSR count). The SMILES string of the molecule is O=C([O-])c1cc(C(=O)[O-])c(C(=O)[O-])c(C(=O)[O-])c1C(=O)[O-].